The Hall–Kier alpha value is -2.58. The zero-order valence-electron chi connectivity index (χ0n) is 17.1. The number of morpholine rings is 1. The lowest BCUT2D eigenvalue weighted by Crippen LogP contribution is -2.38. The number of ether oxygens (including phenoxy) is 3. The zero-order valence-corrected chi connectivity index (χ0v) is 17.1. The van der Waals surface area contributed by atoms with Gasteiger partial charge >= 0.3 is 0 Å². The van der Waals surface area contributed by atoms with Crippen LogP contribution in [0.15, 0.2) is 23.0 Å². The van der Waals surface area contributed by atoms with Gasteiger partial charge in [0.25, 0.3) is 5.56 Å². The van der Waals surface area contributed by atoms with Gasteiger partial charge in [-0.05, 0) is 24.1 Å². The Morgan fingerprint density at radius 2 is 1.83 bits per heavy atom. The first-order valence-electron chi connectivity index (χ1n) is 10.1. The zero-order chi connectivity index (χ0) is 20.2. The van der Waals surface area contributed by atoms with Crippen LogP contribution in [-0.4, -0.2) is 68.5 Å². The minimum absolute atomic E-state index is 0.00976. The number of benzene rings is 1. The number of anilines is 1. The predicted octanol–water partition coefficient (Wildman–Crippen LogP) is 1.22. The Morgan fingerprint density at radius 3 is 2.59 bits per heavy atom. The van der Waals surface area contributed by atoms with Crippen molar-refractivity contribution in [1.82, 2.24) is 14.9 Å². The Balaban J connectivity index is 1.48. The molecule has 1 N–H and O–H groups in total. The summed E-state index contributed by atoms with van der Waals surface area (Å²) in [4.78, 5) is 24.9. The molecule has 1 fully saturated rings. The van der Waals surface area contributed by atoms with Crippen LogP contribution < -0.4 is 19.9 Å². The third kappa shape index (κ3) is 4.38. The lowest BCUT2D eigenvalue weighted by atomic mass is 10.1. The summed E-state index contributed by atoms with van der Waals surface area (Å²) in [6.45, 7) is 5.33. The van der Waals surface area contributed by atoms with Gasteiger partial charge in [0.15, 0.2) is 11.5 Å². The Morgan fingerprint density at radius 1 is 1.07 bits per heavy atom. The number of fused-ring (bicyclic) bond motifs is 1. The van der Waals surface area contributed by atoms with E-state index >= 15 is 0 Å². The second-order valence-corrected chi connectivity index (χ2v) is 7.38. The van der Waals surface area contributed by atoms with Crippen LogP contribution in [0, 0.1) is 0 Å². The molecule has 0 spiro atoms. The van der Waals surface area contributed by atoms with Crippen LogP contribution in [0.4, 0.5) is 5.95 Å². The SMILES string of the molecule is COc1ccc(CN2CCc3nc(N4CCOCC4)[nH]c(=O)c3CC2)cc1OC. The van der Waals surface area contributed by atoms with Gasteiger partial charge in [0.2, 0.25) is 5.95 Å². The third-order valence-electron chi connectivity index (χ3n) is 5.60. The smallest absolute Gasteiger partial charge is 0.255 e. The summed E-state index contributed by atoms with van der Waals surface area (Å²) in [5.41, 5.74) is 2.89. The van der Waals surface area contributed by atoms with Crippen molar-refractivity contribution in [3.05, 3.63) is 45.4 Å². The Bertz CT molecular complexity index is 908. The van der Waals surface area contributed by atoms with E-state index in [1.807, 2.05) is 12.1 Å². The second-order valence-electron chi connectivity index (χ2n) is 7.38. The van der Waals surface area contributed by atoms with Crippen LogP contribution >= 0.6 is 0 Å². The van der Waals surface area contributed by atoms with Crippen molar-refractivity contribution >= 4 is 5.95 Å². The quantitative estimate of drug-likeness (QED) is 0.808. The molecule has 2 aromatic rings. The van der Waals surface area contributed by atoms with Crippen molar-refractivity contribution < 1.29 is 14.2 Å². The van der Waals surface area contributed by atoms with E-state index in [0.717, 1.165) is 67.5 Å². The fourth-order valence-corrected chi connectivity index (χ4v) is 3.96. The highest BCUT2D eigenvalue weighted by Crippen LogP contribution is 2.28. The van der Waals surface area contributed by atoms with Crippen molar-refractivity contribution in [3.63, 3.8) is 0 Å². The molecule has 0 atom stereocenters. The highest BCUT2D eigenvalue weighted by atomic mass is 16.5. The molecule has 0 bridgehead atoms. The van der Waals surface area contributed by atoms with Gasteiger partial charge in [-0.25, -0.2) is 4.98 Å². The highest BCUT2D eigenvalue weighted by Gasteiger charge is 2.21. The molecule has 29 heavy (non-hydrogen) atoms. The first-order valence-corrected chi connectivity index (χ1v) is 10.1. The molecule has 2 aliphatic heterocycles. The predicted molar refractivity (Wildman–Crippen MR) is 110 cm³/mol. The number of methoxy groups -OCH3 is 2. The van der Waals surface area contributed by atoms with Gasteiger partial charge in [0.1, 0.15) is 0 Å². The van der Waals surface area contributed by atoms with Crippen molar-refractivity contribution in [1.29, 1.82) is 0 Å². The van der Waals surface area contributed by atoms with E-state index < -0.39 is 0 Å². The standard InChI is InChI=1S/C21H28N4O4/c1-27-18-4-3-15(13-19(18)28-2)14-24-7-5-16-17(6-8-24)22-21(23-20(16)26)25-9-11-29-12-10-25/h3-4,13H,5-12,14H2,1-2H3,(H,22,23,26). The van der Waals surface area contributed by atoms with E-state index in [2.05, 4.69) is 20.9 Å². The minimum Gasteiger partial charge on any atom is -0.493 e. The van der Waals surface area contributed by atoms with Crippen LogP contribution in [0.25, 0.3) is 0 Å². The summed E-state index contributed by atoms with van der Waals surface area (Å²) in [6, 6.07) is 6.00. The van der Waals surface area contributed by atoms with Crippen LogP contribution in [0.1, 0.15) is 16.8 Å². The number of hydrogen-bond acceptors (Lipinski definition) is 7. The topological polar surface area (TPSA) is 79.9 Å². The van der Waals surface area contributed by atoms with E-state index in [1.54, 1.807) is 14.2 Å². The van der Waals surface area contributed by atoms with E-state index in [4.69, 9.17) is 19.2 Å². The van der Waals surface area contributed by atoms with E-state index in [-0.39, 0.29) is 5.56 Å². The number of nitrogens with zero attached hydrogens (tertiary/aromatic N) is 3. The number of nitrogens with one attached hydrogen (secondary N) is 1. The minimum atomic E-state index is -0.00976. The summed E-state index contributed by atoms with van der Waals surface area (Å²) in [7, 11) is 3.29. The molecular formula is C21H28N4O4. The molecule has 2 aliphatic rings. The number of rotatable bonds is 5. The van der Waals surface area contributed by atoms with Gasteiger partial charge in [0.05, 0.1) is 33.1 Å². The maximum absolute atomic E-state index is 12.7. The molecule has 0 aliphatic carbocycles. The molecule has 1 aromatic heterocycles. The van der Waals surface area contributed by atoms with Crippen molar-refractivity contribution in [2.75, 3.05) is 58.5 Å². The molecule has 1 aromatic carbocycles. The maximum atomic E-state index is 12.7. The normalized spacial score (nSPS) is 17.5. The molecule has 0 unspecified atom stereocenters. The maximum Gasteiger partial charge on any atom is 0.255 e. The molecule has 0 saturated carbocycles. The summed E-state index contributed by atoms with van der Waals surface area (Å²) >= 11 is 0. The number of aromatic nitrogens is 2. The van der Waals surface area contributed by atoms with Gasteiger partial charge in [-0.15, -0.1) is 0 Å². The van der Waals surface area contributed by atoms with Crippen LogP contribution in [0.5, 0.6) is 11.5 Å². The van der Waals surface area contributed by atoms with Crippen molar-refractivity contribution in [2.24, 2.45) is 0 Å². The highest BCUT2D eigenvalue weighted by molar-refractivity contribution is 5.43. The number of aromatic amines is 1. The molecule has 0 amide bonds. The Kier molecular flexibility index (Phi) is 6.01. The van der Waals surface area contributed by atoms with Crippen LogP contribution in [0.2, 0.25) is 0 Å². The summed E-state index contributed by atoms with van der Waals surface area (Å²) in [5.74, 6) is 2.13. The number of hydrogen-bond donors (Lipinski definition) is 1. The molecular weight excluding hydrogens is 372 g/mol. The first-order chi connectivity index (χ1) is 14.2. The van der Waals surface area contributed by atoms with Gasteiger partial charge in [-0.2, -0.15) is 0 Å². The van der Waals surface area contributed by atoms with Crippen molar-refractivity contribution in [2.45, 2.75) is 19.4 Å². The first kappa shape index (κ1) is 19.7. The Labute approximate surface area is 170 Å². The average molecular weight is 400 g/mol. The molecule has 8 nitrogen and oxygen atoms in total. The molecule has 0 radical (unpaired) electrons. The van der Waals surface area contributed by atoms with Crippen LogP contribution in [0.3, 0.4) is 0 Å². The fraction of sp³-hybridized carbons (Fsp3) is 0.524. The lowest BCUT2D eigenvalue weighted by molar-refractivity contribution is 0.122. The van der Waals surface area contributed by atoms with E-state index in [1.165, 1.54) is 0 Å². The van der Waals surface area contributed by atoms with Gasteiger partial charge in [0, 0.05) is 44.7 Å². The van der Waals surface area contributed by atoms with Crippen molar-refractivity contribution in [3.8, 4) is 11.5 Å². The third-order valence-corrected chi connectivity index (χ3v) is 5.60. The number of H-pyrrole nitrogens is 1. The lowest BCUT2D eigenvalue weighted by Gasteiger charge is -2.27. The van der Waals surface area contributed by atoms with E-state index in [9.17, 15) is 4.79 Å². The molecule has 4 rings (SSSR count). The summed E-state index contributed by atoms with van der Waals surface area (Å²) in [6.07, 6.45) is 1.47. The monoisotopic (exact) mass is 400 g/mol. The molecule has 8 heteroatoms. The van der Waals surface area contributed by atoms with Gasteiger partial charge < -0.3 is 19.1 Å². The molecule has 3 heterocycles. The van der Waals surface area contributed by atoms with Gasteiger partial charge in [-0.3, -0.25) is 14.7 Å². The van der Waals surface area contributed by atoms with E-state index in [0.29, 0.717) is 25.6 Å². The average Bonchev–Trinajstić information content (AvgIpc) is 2.97. The summed E-state index contributed by atoms with van der Waals surface area (Å²) < 4.78 is 16.1. The van der Waals surface area contributed by atoms with Gasteiger partial charge in [-0.1, -0.05) is 6.07 Å². The largest absolute Gasteiger partial charge is 0.493 e. The molecule has 156 valence electrons. The summed E-state index contributed by atoms with van der Waals surface area (Å²) in [5, 5.41) is 0. The van der Waals surface area contributed by atoms with Crippen LogP contribution in [-0.2, 0) is 24.1 Å². The second kappa shape index (κ2) is 8.84. The fourth-order valence-electron chi connectivity index (χ4n) is 3.96. The molecule has 1 saturated heterocycles.